The third-order valence-corrected chi connectivity index (χ3v) is 9.09. The van der Waals surface area contributed by atoms with Crippen LogP contribution in [0.1, 0.15) is 44.6 Å². The number of benzene rings is 2. The van der Waals surface area contributed by atoms with Crippen LogP contribution in [0.3, 0.4) is 0 Å². The van der Waals surface area contributed by atoms with E-state index < -0.39 is 20.5 Å². The second-order valence-electron chi connectivity index (χ2n) is 9.77. The molecule has 0 aliphatic carbocycles. The van der Waals surface area contributed by atoms with Gasteiger partial charge in [-0.25, -0.2) is 13.9 Å². The minimum Gasteiger partial charge on any atom is -0.494 e. The number of rotatable bonds is 11. The minimum atomic E-state index is -4.08. The summed E-state index contributed by atoms with van der Waals surface area (Å²) in [5.74, 6) is 1.12. The van der Waals surface area contributed by atoms with Crippen molar-refractivity contribution < 1.29 is 32.3 Å². The summed E-state index contributed by atoms with van der Waals surface area (Å²) in [6, 6.07) is 14.0. The van der Waals surface area contributed by atoms with Gasteiger partial charge in [-0.1, -0.05) is 26.0 Å². The largest absolute Gasteiger partial charge is 0.494 e. The molecule has 1 fully saturated rings. The first-order valence-electron chi connectivity index (χ1n) is 12.7. The summed E-state index contributed by atoms with van der Waals surface area (Å²) in [5.41, 5.74) is 3.66. The molecule has 10 nitrogen and oxygen atoms in total. The van der Waals surface area contributed by atoms with E-state index >= 15 is 0 Å². The zero-order valence-corrected chi connectivity index (χ0v) is 22.4. The Kier molecular flexibility index (Phi) is 8.80. The van der Waals surface area contributed by atoms with Crippen LogP contribution in [0.25, 0.3) is 11.5 Å². The summed E-state index contributed by atoms with van der Waals surface area (Å²) in [7, 11) is -4.08. The first-order valence-corrected chi connectivity index (χ1v) is 14.1. The summed E-state index contributed by atoms with van der Waals surface area (Å²) in [6.07, 6.45) is 2.09. The molecule has 2 heterocycles. The first kappa shape index (κ1) is 27.7. The lowest BCUT2D eigenvalue weighted by Crippen LogP contribution is -2.54. The van der Waals surface area contributed by atoms with E-state index in [9.17, 15) is 13.2 Å². The van der Waals surface area contributed by atoms with Gasteiger partial charge in [0.2, 0.25) is 11.8 Å². The predicted octanol–water partition coefficient (Wildman–Crippen LogP) is 3.78. The van der Waals surface area contributed by atoms with E-state index in [-0.39, 0.29) is 31.0 Å². The zero-order chi connectivity index (χ0) is 27.2. The van der Waals surface area contributed by atoms with Gasteiger partial charge in [0.25, 0.3) is 5.91 Å². The number of hydrogen-bond donors (Lipinski definition) is 2. The van der Waals surface area contributed by atoms with Crippen molar-refractivity contribution in [3.05, 3.63) is 60.0 Å². The molecule has 11 heteroatoms. The summed E-state index contributed by atoms with van der Waals surface area (Å²) in [5, 5.41) is 17.4. The zero-order valence-electron chi connectivity index (χ0n) is 21.6. The molecule has 0 spiro atoms. The van der Waals surface area contributed by atoms with E-state index in [0.29, 0.717) is 42.9 Å². The number of amides is 1. The van der Waals surface area contributed by atoms with Crippen molar-refractivity contribution >= 4 is 15.7 Å². The normalized spacial score (nSPS) is 15.4. The number of carbonyl (C=O) groups excluding carboxylic acids is 1. The Labute approximate surface area is 222 Å². The van der Waals surface area contributed by atoms with Crippen molar-refractivity contribution in [1.82, 2.24) is 15.7 Å². The highest BCUT2D eigenvalue weighted by Gasteiger charge is 2.52. The topological polar surface area (TPSA) is 141 Å². The van der Waals surface area contributed by atoms with Crippen LogP contribution in [-0.4, -0.2) is 54.3 Å². The Balaban J connectivity index is 1.30. The van der Waals surface area contributed by atoms with Crippen molar-refractivity contribution in [2.24, 2.45) is 5.92 Å². The van der Waals surface area contributed by atoms with Gasteiger partial charge in [0.15, 0.2) is 14.6 Å². The van der Waals surface area contributed by atoms with Gasteiger partial charge in [-0.2, -0.15) is 0 Å². The standard InChI is InChI=1S/C27H33N3O7S/c1-19(2)18-20-5-7-21(8-6-20)25-29-28-24(37-25)4-3-15-36-22-9-11-23(12-10-22)38(33,34)27(26(31)30-32)13-16-35-17-14-27/h5-12,19,32H,3-4,13-18H2,1-2H3,(H,30,31). The Morgan fingerprint density at radius 3 is 2.39 bits per heavy atom. The van der Waals surface area contributed by atoms with Crippen LogP contribution in [0.2, 0.25) is 0 Å². The molecule has 1 amide bonds. The number of sulfone groups is 1. The lowest BCUT2D eigenvalue weighted by atomic mass is 9.98. The number of aryl methyl sites for hydroxylation is 1. The average Bonchev–Trinajstić information content (AvgIpc) is 3.40. The van der Waals surface area contributed by atoms with Crippen molar-refractivity contribution in [3.8, 4) is 17.2 Å². The molecule has 0 saturated carbocycles. The number of hydrogen-bond acceptors (Lipinski definition) is 9. The van der Waals surface area contributed by atoms with Crippen molar-refractivity contribution in [2.75, 3.05) is 19.8 Å². The molecular formula is C27H33N3O7S. The third kappa shape index (κ3) is 6.06. The van der Waals surface area contributed by atoms with Crippen molar-refractivity contribution in [1.29, 1.82) is 0 Å². The highest BCUT2D eigenvalue weighted by Crippen LogP contribution is 2.35. The maximum absolute atomic E-state index is 13.3. The van der Waals surface area contributed by atoms with Crippen LogP contribution in [0.5, 0.6) is 5.75 Å². The molecule has 0 atom stereocenters. The quantitative estimate of drug-likeness (QED) is 0.210. The Morgan fingerprint density at radius 2 is 1.76 bits per heavy atom. The van der Waals surface area contributed by atoms with Gasteiger partial charge < -0.3 is 13.9 Å². The number of nitrogens with zero attached hydrogens (tertiary/aromatic N) is 2. The number of nitrogens with one attached hydrogen (secondary N) is 1. The second-order valence-corrected chi connectivity index (χ2v) is 12.0. The molecule has 2 N–H and O–H groups in total. The highest BCUT2D eigenvalue weighted by molar-refractivity contribution is 7.93. The van der Waals surface area contributed by atoms with Gasteiger partial charge in [-0.3, -0.25) is 10.0 Å². The molecule has 1 aliphatic rings. The van der Waals surface area contributed by atoms with Crippen LogP contribution < -0.4 is 10.2 Å². The summed E-state index contributed by atoms with van der Waals surface area (Å²) >= 11 is 0. The molecule has 4 rings (SSSR count). The summed E-state index contributed by atoms with van der Waals surface area (Å²) in [6.45, 7) is 4.96. The fraction of sp³-hybridized carbons (Fsp3) is 0.444. The molecule has 0 unspecified atom stereocenters. The van der Waals surface area contributed by atoms with Crippen molar-refractivity contribution in [2.45, 2.75) is 55.6 Å². The molecule has 204 valence electrons. The van der Waals surface area contributed by atoms with E-state index in [2.05, 4.69) is 36.2 Å². The molecule has 1 aliphatic heterocycles. The maximum atomic E-state index is 13.3. The number of ether oxygens (including phenoxy) is 2. The maximum Gasteiger partial charge on any atom is 0.265 e. The summed E-state index contributed by atoms with van der Waals surface area (Å²) < 4.78 is 41.6. The molecule has 2 aromatic carbocycles. The molecule has 1 saturated heterocycles. The SMILES string of the molecule is CC(C)Cc1ccc(-c2nnc(CCCOc3ccc(S(=O)(=O)C4(C(=O)NO)CCOCC4)cc3)o2)cc1. The van der Waals surface area contributed by atoms with Crippen LogP contribution in [0.4, 0.5) is 0 Å². The first-order chi connectivity index (χ1) is 18.2. The second kappa shape index (κ2) is 12.1. The fourth-order valence-electron chi connectivity index (χ4n) is 4.50. The predicted molar refractivity (Wildman–Crippen MR) is 138 cm³/mol. The Hall–Kier alpha value is -3.28. The summed E-state index contributed by atoms with van der Waals surface area (Å²) in [4.78, 5) is 12.3. The van der Waals surface area contributed by atoms with E-state index in [1.165, 1.54) is 23.2 Å². The van der Waals surface area contributed by atoms with Gasteiger partial charge in [-0.15, -0.1) is 10.2 Å². The van der Waals surface area contributed by atoms with E-state index in [1.807, 2.05) is 12.1 Å². The molecular weight excluding hydrogens is 510 g/mol. The number of hydroxylamine groups is 1. The molecule has 0 radical (unpaired) electrons. The van der Waals surface area contributed by atoms with Gasteiger partial charge in [0.1, 0.15) is 5.75 Å². The van der Waals surface area contributed by atoms with E-state index in [4.69, 9.17) is 19.1 Å². The molecule has 1 aromatic heterocycles. The smallest absolute Gasteiger partial charge is 0.265 e. The number of aromatic nitrogens is 2. The lowest BCUT2D eigenvalue weighted by molar-refractivity contribution is -0.134. The molecule has 0 bridgehead atoms. The molecule has 3 aromatic rings. The fourth-order valence-corrected chi connectivity index (χ4v) is 6.44. The highest BCUT2D eigenvalue weighted by atomic mass is 32.2. The Morgan fingerprint density at radius 1 is 1.08 bits per heavy atom. The third-order valence-electron chi connectivity index (χ3n) is 6.58. The van der Waals surface area contributed by atoms with Crippen LogP contribution in [0, 0.1) is 5.92 Å². The van der Waals surface area contributed by atoms with Crippen LogP contribution in [-0.2, 0) is 32.2 Å². The van der Waals surface area contributed by atoms with Gasteiger partial charge in [-0.05, 0) is 73.6 Å². The van der Waals surface area contributed by atoms with Gasteiger partial charge in [0.05, 0.1) is 11.5 Å². The van der Waals surface area contributed by atoms with E-state index in [0.717, 1.165) is 12.0 Å². The molecule has 38 heavy (non-hydrogen) atoms. The Bertz CT molecular complexity index is 1310. The average molecular weight is 544 g/mol. The van der Waals surface area contributed by atoms with Crippen LogP contribution >= 0.6 is 0 Å². The lowest BCUT2D eigenvalue weighted by Gasteiger charge is -2.34. The van der Waals surface area contributed by atoms with E-state index in [1.54, 1.807) is 12.1 Å². The van der Waals surface area contributed by atoms with Crippen LogP contribution in [0.15, 0.2) is 57.8 Å². The van der Waals surface area contributed by atoms with Gasteiger partial charge in [0, 0.05) is 25.2 Å². The van der Waals surface area contributed by atoms with Gasteiger partial charge >= 0.3 is 0 Å². The number of carbonyl (C=O) groups is 1. The minimum absolute atomic E-state index is 0.0222. The van der Waals surface area contributed by atoms with Crippen molar-refractivity contribution in [3.63, 3.8) is 0 Å². The monoisotopic (exact) mass is 543 g/mol.